The van der Waals surface area contributed by atoms with E-state index in [0.29, 0.717) is 31.7 Å². The minimum Gasteiger partial charge on any atom is -0.338 e. The van der Waals surface area contributed by atoms with E-state index in [-0.39, 0.29) is 30.1 Å². The summed E-state index contributed by atoms with van der Waals surface area (Å²) in [6.45, 7) is 6.11. The van der Waals surface area contributed by atoms with Crippen LogP contribution in [0.2, 0.25) is 0 Å². The smallest absolute Gasteiger partial charge is 0.253 e. The predicted octanol–water partition coefficient (Wildman–Crippen LogP) is 1.38. The number of piperazine rings is 1. The number of halogens is 1. The SMILES string of the molecule is CC(C)[C@@H](N)C(=O)N1CCN(C(=O)c2ccccc2)CC1.Cl. The molecule has 122 valence electrons. The molecule has 1 saturated heterocycles. The maximum atomic E-state index is 12.3. The predicted molar refractivity (Wildman–Crippen MR) is 89.0 cm³/mol. The number of amides is 2. The van der Waals surface area contributed by atoms with Crippen molar-refractivity contribution in [3.05, 3.63) is 35.9 Å². The van der Waals surface area contributed by atoms with Gasteiger partial charge in [-0.2, -0.15) is 0 Å². The number of hydrogen-bond acceptors (Lipinski definition) is 3. The van der Waals surface area contributed by atoms with Gasteiger partial charge >= 0.3 is 0 Å². The number of rotatable bonds is 3. The van der Waals surface area contributed by atoms with Gasteiger partial charge in [-0.25, -0.2) is 0 Å². The maximum Gasteiger partial charge on any atom is 0.253 e. The number of nitrogens with zero attached hydrogens (tertiary/aromatic N) is 2. The van der Waals surface area contributed by atoms with Gasteiger partial charge in [-0.05, 0) is 18.1 Å². The highest BCUT2D eigenvalue weighted by Crippen LogP contribution is 2.11. The van der Waals surface area contributed by atoms with E-state index < -0.39 is 6.04 Å². The van der Waals surface area contributed by atoms with E-state index in [1.807, 2.05) is 44.2 Å². The summed E-state index contributed by atoms with van der Waals surface area (Å²) < 4.78 is 0. The zero-order valence-electron chi connectivity index (χ0n) is 13.1. The molecule has 0 radical (unpaired) electrons. The van der Waals surface area contributed by atoms with Gasteiger partial charge in [0.15, 0.2) is 0 Å². The van der Waals surface area contributed by atoms with Crippen molar-refractivity contribution < 1.29 is 9.59 Å². The highest BCUT2D eigenvalue weighted by atomic mass is 35.5. The molecule has 22 heavy (non-hydrogen) atoms. The monoisotopic (exact) mass is 325 g/mol. The molecular formula is C16H24ClN3O2. The van der Waals surface area contributed by atoms with Gasteiger partial charge < -0.3 is 15.5 Å². The van der Waals surface area contributed by atoms with Crippen LogP contribution in [0.3, 0.4) is 0 Å². The first kappa shape index (κ1) is 18.5. The standard InChI is InChI=1S/C16H23N3O2.ClH/c1-12(2)14(17)16(21)19-10-8-18(9-11-19)15(20)13-6-4-3-5-7-13;/h3-7,12,14H,8-11,17H2,1-2H3;1H/t14-;/m1./s1. The van der Waals surface area contributed by atoms with Crippen LogP contribution in [0.1, 0.15) is 24.2 Å². The van der Waals surface area contributed by atoms with E-state index in [1.54, 1.807) is 9.80 Å². The van der Waals surface area contributed by atoms with Gasteiger partial charge in [-0.15, -0.1) is 12.4 Å². The zero-order chi connectivity index (χ0) is 15.4. The maximum absolute atomic E-state index is 12.3. The minimum atomic E-state index is -0.457. The van der Waals surface area contributed by atoms with Crippen LogP contribution in [0.4, 0.5) is 0 Å². The molecular weight excluding hydrogens is 302 g/mol. The van der Waals surface area contributed by atoms with Crippen LogP contribution < -0.4 is 5.73 Å². The molecule has 0 aromatic heterocycles. The van der Waals surface area contributed by atoms with Gasteiger partial charge in [-0.3, -0.25) is 9.59 Å². The van der Waals surface area contributed by atoms with E-state index in [9.17, 15) is 9.59 Å². The molecule has 1 aromatic rings. The molecule has 1 atom stereocenters. The Morgan fingerprint density at radius 3 is 2.00 bits per heavy atom. The number of benzene rings is 1. The molecule has 0 spiro atoms. The second-order valence-electron chi connectivity index (χ2n) is 5.75. The van der Waals surface area contributed by atoms with Crippen LogP contribution in [0.25, 0.3) is 0 Å². The molecule has 0 unspecified atom stereocenters. The molecule has 1 heterocycles. The van der Waals surface area contributed by atoms with E-state index in [1.165, 1.54) is 0 Å². The lowest BCUT2D eigenvalue weighted by Crippen LogP contribution is -2.55. The Bertz CT molecular complexity index is 499. The summed E-state index contributed by atoms with van der Waals surface area (Å²) in [7, 11) is 0. The quantitative estimate of drug-likeness (QED) is 0.913. The molecule has 0 saturated carbocycles. The van der Waals surface area contributed by atoms with Gasteiger partial charge in [0.05, 0.1) is 6.04 Å². The van der Waals surface area contributed by atoms with Gasteiger partial charge in [0, 0.05) is 31.7 Å². The number of carbonyl (C=O) groups excluding carboxylic acids is 2. The van der Waals surface area contributed by atoms with Crippen LogP contribution in [-0.2, 0) is 4.79 Å². The zero-order valence-corrected chi connectivity index (χ0v) is 13.9. The second kappa shape index (κ2) is 8.15. The van der Waals surface area contributed by atoms with Crippen LogP contribution in [0.15, 0.2) is 30.3 Å². The van der Waals surface area contributed by atoms with Crippen molar-refractivity contribution in [3.8, 4) is 0 Å². The largest absolute Gasteiger partial charge is 0.338 e. The van der Waals surface area contributed by atoms with Gasteiger partial charge in [0.1, 0.15) is 0 Å². The molecule has 6 heteroatoms. The van der Waals surface area contributed by atoms with E-state index in [4.69, 9.17) is 5.73 Å². The third-order valence-electron chi connectivity index (χ3n) is 3.90. The molecule has 1 fully saturated rings. The number of carbonyl (C=O) groups is 2. The summed E-state index contributed by atoms with van der Waals surface area (Å²) in [5, 5.41) is 0. The number of nitrogens with two attached hydrogens (primary N) is 1. The van der Waals surface area contributed by atoms with Crippen LogP contribution in [0.5, 0.6) is 0 Å². The summed E-state index contributed by atoms with van der Waals surface area (Å²) in [6.07, 6.45) is 0. The summed E-state index contributed by atoms with van der Waals surface area (Å²) in [5.74, 6) is 0.133. The van der Waals surface area contributed by atoms with Crippen molar-refractivity contribution in [2.75, 3.05) is 26.2 Å². The van der Waals surface area contributed by atoms with Crippen molar-refractivity contribution in [1.82, 2.24) is 9.80 Å². The third-order valence-corrected chi connectivity index (χ3v) is 3.90. The first-order valence-corrected chi connectivity index (χ1v) is 7.39. The molecule has 0 aliphatic carbocycles. The van der Waals surface area contributed by atoms with Gasteiger partial charge in [-0.1, -0.05) is 32.0 Å². The lowest BCUT2D eigenvalue weighted by atomic mass is 10.0. The normalized spacial score (nSPS) is 16.2. The molecule has 1 aliphatic heterocycles. The summed E-state index contributed by atoms with van der Waals surface area (Å²) >= 11 is 0. The summed E-state index contributed by atoms with van der Waals surface area (Å²) in [4.78, 5) is 28.1. The first-order valence-electron chi connectivity index (χ1n) is 7.39. The topological polar surface area (TPSA) is 66.6 Å². The Labute approximate surface area is 137 Å². The highest BCUT2D eigenvalue weighted by Gasteiger charge is 2.28. The first-order chi connectivity index (χ1) is 10.0. The molecule has 2 amide bonds. The van der Waals surface area contributed by atoms with E-state index in [0.717, 1.165) is 0 Å². The lowest BCUT2D eigenvalue weighted by Gasteiger charge is -2.36. The molecule has 5 nitrogen and oxygen atoms in total. The average molecular weight is 326 g/mol. The van der Waals surface area contributed by atoms with Crippen molar-refractivity contribution in [2.45, 2.75) is 19.9 Å². The summed E-state index contributed by atoms with van der Waals surface area (Å²) in [5.41, 5.74) is 6.60. The fraction of sp³-hybridized carbons (Fsp3) is 0.500. The van der Waals surface area contributed by atoms with E-state index in [2.05, 4.69) is 0 Å². The van der Waals surface area contributed by atoms with E-state index >= 15 is 0 Å². The molecule has 1 aliphatic rings. The Morgan fingerprint density at radius 1 is 1.00 bits per heavy atom. The van der Waals surface area contributed by atoms with Crippen molar-refractivity contribution in [1.29, 1.82) is 0 Å². The Kier molecular flexibility index (Phi) is 6.84. The Hall–Kier alpha value is -1.59. The highest BCUT2D eigenvalue weighted by molar-refractivity contribution is 5.94. The average Bonchev–Trinajstić information content (AvgIpc) is 2.53. The lowest BCUT2D eigenvalue weighted by molar-refractivity contribution is -0.135. The van der Waals surface area contributed by atoms with Crippen LogP contribution >= 0.6 is 12.4 Å². The van der Waals surface area contributed by atoms with Crippen LogP contribution in [0, 0.1) is 5.92 Å². The molecule has 1 aromatic carbocycles. The van der Waals surface area contributed by atoms with Gasteiger partial charge in [0.25, 0.3) is 5.91 Å². The molecule has 0 bridgehead atoms. The van der Waals surface area contributed by atoms with Crippen molar-refractivity contribution in [2.24, 2.45) is 11.7 Å². The second-order valence-corrected chi connectivity index (χ2v) is 5.75. The number of hydrogen-bond donors (Lipinski definition) is 1. The third kappa shape index (κ3) is 4.21. The molecule has 2 rings (SSSR count). The fourth-order valence-corrected chi connectivity index (χ4v) is 2.39. The fourth-order valence-electron chi connectivity index (χ4n) is 2.39. The Morgan fingerprint density at radius 2 is 1.50 bits per heavy atom. The summed E-state index contributed by atoms with van der Waals surface area (Å²) in [6, 6.07) is 8.77. The van der Waals surface area contributed by atoms with Gasteiger partial charge in [0.2, 0.25) is 5.91 Å². The van der Waals surface area contributed by atoms with Crippen molar-refractivity contribution >= 4 is 24.2 Å². The minimum absolute atomic E-state index is 0. The molecule has 2 N–H and O–H groups in total. The Balaban J connectivity index is 0.00000242. The van der Waals surface area contributed by atoms with Crippen LogP contribution in [-0.4, -0.2) is 53.8 Å². The van der Waals surface area contributed by atoms with Crippen molar-refractivity contribution in [3.63, 3.8) is 0 Å².